The number of carbonyl (C=O) groups excluding carboxylic acids is 1. The molecule has 3 nitrogen and oxygen atoms in total. The summed E-state index contributed by atoms with van der Waals surface area (Å²) in [5.74, 6) is 0.0767. The Morgan fingerprint density at radius 1 is 1.30 bits per heavy atom. The number of nitrogens with two attached hydrogens (primary N) is 1. The maximum Gasteiger partial charge on any atom is 0.241 e. The van der Waals surface area contributed by atoms with E-state index in [0.717, 1.165) is 17.7 Å². The molecule has 0 aliphatic rings. The highest BCUT2D eigenvalue weighted by molar-refractivity contribution is 5.95. The van der Waals surface area contributed by atoms with Gasteiger partial charge in [-0.3, -0.25) is 4.79 Å². The molecule has 1 amide bonds. The molecule has 0 aliphatic heterocycles. The molecule has 3 N–H and O–H groups in total. The van der Waals surface area contributed by atoms with E-state index in [9.17, 15) is 4.79 Å². The average molecular weight is 299 g/mol. The lowest BCUT2D eigenvalue weighted by Crippen LogP contribution is -2.41. The first kappa shape index (κ1) is 18.9. The zero-order chi connectivity index (χ0) is 14.6. The second-order valence-electron chi connectivity index (χ2n) is 6.20. The summed E-state index contributed by atoms with van der Waals surface area (Å²) < 4.78 is 0. The molecular formula is C16H27ClN2O. The molecule has 20 heavy (non-hydrogen) atoms. The molecule has 0 bridgehead atoms. The SMILES string of the molecule is CCC(C)C(N)C(=O)Nc1ccccc1C(C)(C)C.Cl. The molecule has 4 heteroatoms. The number of nitrogens with one attached hydrogen (secondary N) is 1. The first-order valence-corrected chi connectivity index (χ1v) is 6.93. The number of para-hydroxylation sites is 1. The summed E-state index contributed by atoms with van der Waals surface area (Å²) >= 11 is 0. The summed E-state index contributed by atoms with van der Waals surface area (Å²) in [6, 6.07) is 7.44. The van der Waals surface area contributed by atoms with E-state index >= 15 is 0 Å². The number of anilines is 1. The molecule has 0 saturated carbocycles. The van der Waals surface area contributed by atoms with Crippen LogP contribution in [0, 0.1) is 5.92 Å². The minimum atomic E-state index is -0.460. The number of rotatable bonds is 4. The molecular weight excluding hydrogens is 272 g/mol. The van der Waals surface area contributed by atoms with E-state index in [1.54, 1.807) is 0 Å². The third-order valence-electron chi connectivity index (χ3n) is 3.55. The van der Waals surface area contributed by atoms with Crippen LogP contribution >= 0.6 is 12.4 Å². The van der Waals surface area contributed by atoms with Crippen LogP contribution in [0.5, 0.6) is 0 Å². The molecule has 0 saturated heterocycles. The number of amides is 1. The molecule has 2 unspecified atom stereocenters. The largest absolute Gasteiger partial charge is 0.324 e. The Bertz CT molecular complexity index is 440. The van der Waals surface area contributed by atoms with Gasteiger partial charge < -0.3 is 11.1 Å². The van der Waals surface area contributed by atoms with E-state index in [1.807, 2.05) is 38.1 Å². The molecule has 0 radical (unpaired) electrons. The average Bonchev–Trinajstić information content (AvgIpc) is 2.36. The van der Waals surface area contributed by atoms with Crippen molar-refractivity contribution in [2.75, 3.05) is 5.32 Å². The number of carbonyl (C=O) groups is 1. The van der Waals surface area contributed by atoms with E-state index in [4.69, 9.17) is 5.73 Å². The fourth-order valence-electron chi connectivity index (χ4n) is 1.97. The Kier molecular flexibility index (Phi) is 7.25. The third-order valence-corrected chi connectivity index (χ3v) is 3.55. The van der Waals surface area contributed by atoms with E-state index in [1.165, 1.54) is 0 Å². The molecule has 0 aliphatic carbocycles. The minimum Gasteiger partial charge on any atom is -0.324 e. The maximum atomic E-state index is 12.2. The molecule has 1 aromatic carbocycles. The van der Waals surface area contributed by atoms with Crippen molar-refractivity contribution in [3.63, 3.8) is 0 Å². The van der Waals surface area contributed by atoms with Crippen LogP contribution in [0.4, 0.5) is 5.69 Å². The van der Waals surface area contributed by atoms with Crippen molar-refractivity contribution in [2.24, 2.45) is 11.7 Å². The predicted molar refractivity (Wildman–Crippen MR) is 88.5 cm³/mol. The van der Waals surface area contributed by atoms with Crippen LogP contribution in [0.1, 0.15) is 46.6 Å². The number of halogens is 1. The van der Waals surface area contributed by atoms with Crippen molar-refractivity contribution in [1.29, 1.82) is 0 Å². The highest BCUT2D eigenvalue weighted by atomic mass is 35.5. The second kappa shape index (κ2) is 7.65. The maximum absolute atomic E-state index is 12.2. The van der Waals surface area contributed by atoms with Gasteiger partial charge in [-0.25, -0.2) is 0 Å². The van der Waals surface area contributed by atoms with Crippen molar-refractivity contribution in [3.05, 3.63) is 29.8 Å². The molecule has 0 spiro atoms. The lowest BCUT2D eigenvalue weighted by Gasteiger charge is -2.24. The lowest BCUT2D eigenvalue weighted by atomic mass is 9.85. The van der Waals surface area contributed by atoms with Crippen molar-refractivity contribution in [1.82, 2.24) is 0 Å². The van der Waals surface area contributed by atoms with Gasteiger partial charge in [-0.2, -0.15) is 0 Å². The predicted octanol–water partition coefficient (Wildman–Crippen LogP) is 3.72. The summed E-state index contributed by atoms with van der Waals surface area (Å²) in [5.41, 5.74) is 7.94. The summed E-state index contributed by atoms with van der Waals surface area (Å²) in [4.78, 5) is 12.2. The van der Waals surface area contributed by atoms with Gasteiger partial charge in [-0.1, -0.05) is 59.2 Å². The van der Waals surface area contributed by atoms with Crippen molar-refractivity contribution >= 4 is 24.0 Å². The smallest absolute Gasteiger partial charge is 0.241 e. The number of benzene rings is 1. The van der Waals surface area contributed by atoms with Crippen LogP contribution in [0.25, 0.3) is 0 Å². The number of hydrogen-bond acceptors (Lipinski definition) is 2. The van der Waals surface area contributed by atoms with Gasteiger partial charge in [-0.05, 0) is 23.0 Å². The van der Waals surface area contributed by atoms with Crippen LogP contribution in [-0.4, -0.2) is 11.9 Å². The Morgan fingerprint density at radius 3 is 2.35 bits per heavy atom. The Balaban J connectivity index is 0.00000361. The van der Waals surface area contributed by atoms with Gasteiger partial charge in [-0.15, -0.1) is 12.4 Å². The first-order valence-electron chi connectivity index (χ1n) is 6.93. The van der Waals surface area contributed by atoms with Crippen molar-refractivity contribution in [2.45, 2.75) is 52.5 Å². The summed E-state index contributed by atoms with van der Waals surface area (Å²) in [6.07, 6.45) is 0.898. The van der Waals surface area contributed by atoms with Crippen LogP contribution in [0.3, 0.4) is 0 Å². The van der Waals surface area contributed by atoms with Crippen molar-refractivity contribution < 1.29 is 4.79 Å². The molecule has 0 heterocycles. The quantitative estimate of drug-likeness (QED) is 0.890. The highest BCUT2D eigenvalue weighted by Gasteiger charge is 2.22. The van der Waals surface area contributed by atoms with E-state index < -0.39 is 6.04 Å². The molecule has 114 valence electrons. The second-order valence-corrected chi connectivity index (χ2v) is 6.20. The summed E-state index contributed by atoms with van der Waals surface area (Å²) in [7, 11) is 0. The van der Waals surface area contributed by atoms with Crippen LogP contribution in [0.2, 0.25) is 0 Å². The monoisotopic (exact) mass is 298 g/mol. The highest BCUT2D eigenvalue weighted by Crippen LogP contribution is 2.29. The third kappa shape index (κ3) is 4.80. The molecule has 1 rings (SSSR count). The number of hydrogen-bond donors (Lipinski definition) is 2. The lowest BCUT2D eigenvalue weighted by molar-refractivity contribution is -0.118. The molecule has 0 aromatic heterocycles. The van der Waals surface area contributed by atoms with Crippen LogP contribution in [-0.2, 0) is 10.2 Å². The zero-order valence-electron chi connectivity index (χ0n) is 13.1. The fourth-order valence-corrected chi connectivity index (χ4v) is 1.97. The van der Waals surface area contributed by atoms with Gasteiger partial charge in [0.2, 0.25) is 5.91 Å². The van der Waals surface area contributed by atoms with E-state index in [0.29, 0.717) is 0 Å². The first-order chi connectivity index (χ1) is 8.77. The standard InChI is InChI=1S/C16H26N2O.ClH/c1-6-11(2)14(17)15(19)18-13-10-8-7-9-12(13)16(3,4)5;/h7-11,14H,6,17H2,1-5H3,(H,18,19);1H. The van der Waals surface area contributed by atoms with E-state index in [-0.39, 0.29) is 29.6 Å². The van der Waals surface area contributed by atoms with E-state index in [2.05, 4.69) is 26.1 Å². The summed E-state index contributed by atoms with van der Waals surface area (Å²) in [6.45, 7) is 10.4. The fraction of sp³-hybridized carbons (Fsp3) is 0.562. The van der Waals surface area contributed by atoms with Crippen LogP contribution in [0.15, 0.2) is 24.3 Å². The molecule has 2 atom stereocenters. The normalized spacial score (nSPS) is 14.1. The Labute approximate surface area is 128 Å². The zero-order valence-corrected chi connectivity index (χ0v) is 13.9. The Hall–Kier alpha value is -1.06. The van der Waals surface area contributed by atoms with Crippen LogP contribution < -0.4 is 11.1 Å². The topological polar surface area (TPSA) is 55.1 Å². The van der Waals surface area contributed by atoms with Gasteiger partial charge in [0.05, 0.1) is 6.04 Å². The van der Waals surface area contributed by atoms with Gasteiger partial charge in [0.1, 0.15) is 0 Å². The minimum absolute atomic E-state index is 0. The summed E-state index contributed by atoms with van der Waals surface area (Å²) in [5, 5.41) is 2.97. The molecule has 0 fully saturated rings. The Morgan fingerprint density at radius 2 is 1.85 bits per heavy atom. The van der Waals surface area contributed by atoms with Gasteiger partial charge in [0.25, 0.3) is 0 Å². The molecule has 1 aromatic rings. The van der Waals surface area contributed by atoms with Crippen molar-refractivity contribution in [3.8, 4) is 0 Å². The van der Waals surface area contributed by atoms with Gasteiger partial charge >= 0.3 is 0 Å². The van der Waals surface area contributed by atoms with Gasteiger partial charge in [0.15, 0.2) is 0 Å². The van der Waals surface area contributed by atoms with Gasteiger partial charge in [0, 0.05) is 5.69 Å².